The number of fused-ring (bicyclic) bond motifs is 1. The molecule has 1 aromatic carbocycles. The topological polar surface area (TPSA) is 97.1 Å². The fraction of sp³-hybridized carbons (Fsp3) is 0.500. The number of halogens is 1. The molecule has 0 aliphatic carbocycles. The van der Waals surface area contributed by atoms with Gasteiger partial charge in [0.25, 0.3) is 6.47 Å². The molecule has 0 radical (unpaired) electrons. The van der Waals surface area contributed by atoms with Crippen molar-refractivity contribution >= 4 is 18.1 Å². The van der Waals surface area contributed by atoms with Gasteiger partial charge in [-0.1, -0.05) is 11.6 Å². The van der Waals surface area contributed by atoms with Crippen LogP contribution in [0.5, 0.6) is 5.75 Å². The summed E-state index contributed by atoms with van der Waals surface area (Å²) in [4.78, 5) is 15.4. The summed E-state index contributed by atoms with van der Waals surface area (Å²) < 4.78 is 13.4. The van der Waals surface area contributed by atoms with E-state index in [2.05, 4.69) is 14.5 Å². The van der Waals surface area contributed by atoms with E-state index in [4.69, 9.17) is 36.1 Å². The van der Waals surface area contributed by atoms with E-state index >= 15 is 0 Å². The molecular weight excluding hydrogens is 398 g/mol. The molecule has 9 heteroatoms. The highest BCUT2D eigenvalue weighted by atomic mass is 35.5. The molecule has 2 N–H and O–H groups in total. The van der Waals surface area contributed by atoms with Gasteiger partial charge >= 0.3 is 0 Å². The summed E-state index contributed by atoms with van der Waals surface area (Å²) in [6.07, 6.45) is 5.77. The van der Waals surface area contributed by atoms with Crippen molar-refractivity contribution in [2.75, 3.05) is 33.4 Å². The Balaban J connectivity index is 0.000000755. The van der Waals surface area contributed by atoms with Gasteiger partial charge in [-0.25, -0.2) is 4.98 Å². The zero-order valence-corrected chi connectivity index (χ0v) is 17.0. The quantitative estimate of drug-likeness (QED) is 0.712. The van der Waals surface area contributed by atoms with Crippen LogP contribution in [0.15, 0.2) is 30.6 Å². The highest BCUT2D eigenvalue weighted by Gasteiger charge is 2.38. The van der Waals surface area contributed by atoms with Crippen LogP contribution in [-0.2, 0) is 9.53 Å². The third kappa shape index (κ3) is 4.90. The predicted octanol–water partition coefficient (Wildman–Crippen LogP) is 2.31. The standard InChI is InChI=1S/C19H24ClN3O3.CH2O2/c1-25-18-3-2-13(8-17(18)20)19-21-5-6-23(19)14-9-15-12-26-16(4-7-24)11-22(15)10-14;2-1-3/h2-3,5-6,8,14-16,24H,4,7,9-12H2,1H3;1H,(H,2,3)/t14-,15+,16+;/m1./s1. The molecule has 2 aliphatic heterocycles. The molecule has 1 aromatic heterocycles. The van der Waals surface area contributed by atoms with Crippen LogP contribution in [0.3, 0.4) is 0 Å². The molecule has 0 unspecified atom stereocenters. The Kier molecular flexibility index (Phi) is 7.49. The second-order valence-corrected chi connectivity index (χ2v) is 7.48. The first kappa shape index (κ1) is 21.6. The maximum Gasteiger partial charge on any atom is 0.290 e. The van der Waals surface area contributed by atoms with Crippen LogP contribution >= 0.6 is 11.6 Å². The lowest BCUT2D eigenvalue weighted by Gasteiger charge is -2.34. The van der Waals surface area contributed by atoms with Gasteiger partial charge in [0.2, 0.25) is 0 Å². The van der Waals surface area contributed by atoms with Crippen LogP contribution in [0.2, 0.25) is 5.02 Å². The van der Waals surface area contributed by atoms with Crippen LogP contribution in [0.25, 0.3) is 11.4 Å². The monoisotopic (exact) mass is 423 g/mol. The number of morpholine rings is 1. The number of nitrogens with zero attached hydrogens (tertiary/aromatic N) is 3. The summed E-state index contributed by atoms with van der Waals surface area (Å²) in [6, 6.07) is 6.57. The van der Waals surface area contributed by atoms with E-state index in [1.54, 1.807) is 7.11 Å². The van der Waals surface area contributed by atoms with Crippen molar-refractivity contribution in [1.29, 1.82) is 0 Å². The number of benzene rings is 1. The van der Waals surface area contributed by atoms with Crippen LogP contribution in [-0.4, -0.2) is 76.7 Å². The molecule has 29 heavy (non-hydrogen) atoms. The minimum atomic E-state index is -0.250. The summed E-state index contributed by atoms with van der Waals surface area (Å²) >= 11 is 6.30. The molecule has 2 fully saturated rings. The Morgan fingerprint density at radius 3 is 2.86 bits per heavy atom. The molecule has 0 saturated carbocycles. The lowest BCUT2D eigenvalue weighted by Crippen LogP contribution is -2.46. The van der Waals surface area contributed by atoms with E-state index in [0.29, 0.717) is 29.3 Å². The predicted molar refractivity (Wildman–Crippen MR) is 108 cm³/mol. The average molecular weight is 424 g/mol. The Bertz CT molecular complexity index is 815. The first-order chi connectivity index (χ1) is 14.1. The van der Waals surface area contributed by atoms with E-state index < -0.39 is 0 Å². The molecule has 3 atom stereocenters. The van der Waals surface area contributed by atoms with Gasteiger partial charge in [-0.15, -0.1) is 0 Å². The highest BCUT2D eigenvalue weighted by molar-refractivity contribution is 6.32. The lowest BCUT2D eigenvalue weighted by atomic mass is 10.1. The number of methoxy groups -OCH3 is 1. The zero-order chi connectivity index (χ0) is 20.8. The fourth-order valence-electron chi connectivity index (χ4n) is 4.07. The summed E-state index contributed by atoms with van der Waals surface area (Å²) in [7, 11) is 1.61. The Morgan fingerprint density at radius 1 is 1.38 bits per heavy atom. The van der Waals surface area contributed by atoms with Crippen LogP contribution in [0.1, 0.15) is 18.9 Å². The number of hydrogen-bond donors (Lipinski definition) is 2. The molecular formula is C20H26ClN3O5. The SMILES string of the molecule is COc1ccc(-c2nccn2[C@@H]2C[C@H]3CO[C@@H](CCO)CN3C2)cc1Cl.O=CO. The molecule has 2 aromatic rings. The van der Waals surface area contributed by atoms with E-state index in [-0.39, 0.29) is 19.2 Å². The number of rotatable bonds is 5. The second-order valence-electron chi connectivity index (χ2n) is 7.08. The van der Waals surface area contributed by atoms with Crippen LogP contribution in [0.4, 0.5) is 0 Å². The molecule has 3 heterocycles. The summed E-state index contributed by atoms with van der Waals surface area (Å²) in [5, 5.41) is 16.6. The third-order valence-electron chi connectivity index (χ3n) is 5.39. The van der Waals surface area contributed by atoms with Crippen LogP contribution < -0.4 is 4.74 Å². The molecule has 8 nitrogen and oxygen atoms in total. The molecule has 158 valence electrons. The molecule has 2 saturated heterocycles. The van der Waals surface area contributed by atoms with Gasteiger partial charge in [0.15, 0.2) is 0 Å². The van der Waals surface area contributed by atoms with Crippen molar-refractivity contribution in [3.05, 3.63) is 35.6 Å². The van der Waals surface area contributed by atoms with Crippen molar-refractivity contribution < 1.29 is 24.5 Å². The highest BCUT2D eigenvalue weighted by Crippen LogP contribution is 2.35. The molecule has 0 amide bonds. The largest absolute Gasteiger partial charge is 0.495 e. The third-order valence-corrected chi connectivity index (χ3v) is 5.69. The average Bonchev–Trinajstić information content (AvgIpc) is 3.35. The number of aromatic nitrogens is 2. The van der Waals surface area contributed by atoms with Gasteiger partial charge in [0.1, 0.15) is 11.6 Å². The minimum Gasteiger partial charge on any atom is -0.495 e. The number of hydrogen-bond acceptors (Lipinski definition) is 6. The first-order valence-electron chi connectivity index (χ1n) is 9.52. The number of carbonyl (C=O) groups is 1. The van der Waals surface area contributed by atoms with E-state index in [1.807, 2.05) is 30.6 Å². The normalized spacial score (nSPS) is 23.8. The second kappa shape index (κ2) is 10.1. The molecule has 4 rings (SSSR count). The van der Waals surface area contributed by atoms with Gasteiger partial charge < -0.3 is 24.3 Å². The lowest BCUT2D eigenvalue weighted by molar-refractivity contribution is -0.122. The van der Waals surface area contributed by atoms with Crippen molar-refractivity contribution in [3.8, 4) is 17.1 Å². The van der Waals surface area contributed by atoms with Crippen molar-refractivity contribution in [1.82, 2.24) is 14.5 Å². The number of aliphatic hydroxyl groups is 1. The molecule has 0 spiro atoms. The number of ether oxygens (including phenoxy) is 2. The van der Waals surface area contributed by atoms with Gasteiger partial charge in [0, 0.05) is 49.7 Å². The smallest absolute Gasteiger partial charge is 0.290 e. The van der Waals surface area contributed by atoms with Gasteiger partial charge in [-0.2, -0.15) is 0 Å². The Morgan fingerprint density at radius 2 is 2.17 bits per heavy atom. The summed E-state index contributed by atoms with van der Waals surface area (Å²) in [6.45, 7) is 2.53. The molecule has 2 aliphatic rings. The maximum atomic E-state index is 9.15. The number of imidazole rings is 1. The van der Waals surface area contributed by atoms with Crippen molar-refractivity contribution in [3.63, 3.8) is 0 Å². The molecule has 0 bridgehead atoms. The maximum absolute atomic E-state index is 9.15. The van der Waals surface area contributed by atoms with Crippen molar-refractivity contribution in [2.45, 2.75) is 31.0 Å². The minimum absolute atomic E-state index is 0.137. The first-order valence-corrected chi connectivity index (χ1v) is 9.90. The van der Waals surface area contributed by atoms with Crippen molar-refractivity contribution in [2.24, 2.45) is 0 Å². The number of carboxylic acid groups (broad SMARTS) is 1. The Labute approximate surface area is 174 Å². The fourth-order valence-corrected chi connectivity index (χ4v) is 4.33. The summed E-state index contributed by atoms with van der Waals surface area (Å²) in [5.74, 6) is 1.59. The Hall–Kier alpha value is -2.13. The summed E-state index contributed by atoms with van der Waals surface area (Å²) in [5.41, 5.74) is 0.986. The van der Waals surface area contributed by atoms with E-state index in [9.17, 15) is 0 Å². The number of aliphatic hydroxyl groups excluding tert-OH is 1. The van der Waals surface area contributed by atoms with Gasteiger partial charge in [0.05, 0.1) is 24.8 Å². The van der Waals surface area contributed by atoms with E-state index in [1.165, 1.54) is 0 Å². The van der Waals surface area contributed by atoms with Crippen LogP contribution in [0, 0.1) is 0 Å². The van der Waals surface area contributed by atoms with Gasteiger partial charge in [-0.3, -0.25) is 9.69 Å². The van der Waals surface area contributed by atoms with Gasteiger partial charge in [-0.05, 0) is 31.0 Å². The van der Waals surface area contributed by atoms with E-state index in [0.717, 1.165) is 37.5 Å². The zero-order valence-electron chi connectivity index (χ0n) is 16.3.